The number of aliphatic carboxylic acids is 1. The first kappa shape index (κ1) is 18.3. The summed E-state index contributed by atoms with van der Waals surface area (Å²) in [5.41, 5.74) is 1.41. The number of fused-ring (bicyclic) bond motifs is 1. The van der Waals surface area contributed by atoms with E-state index in [4.69, 9.17) is 21.4 Å². The zero-order valence-electron chi connectivity index (χ0n) is 13.6. The fourth-order valence-corrected chi connectivity index (χ4v) is 3.06. The molecule has 2 aromatic carbocycles. The van der Waals surface area contributed by atoms with Gasteiger partial charge < -0.3 is 9.84 Å². The fraction of sp³-hybridized carbons (Fsp3) is 0.211. The number of carboxylic acids is 1. The van der Waals surface area contributed by atoms with Gasteiger partial charge in [-0.1, -0.05) is 42.8 Å². The van der Waals surface area contributed by atoms with E-state index in [0.29, 0.717) is 11.1 Å². The van der Waals surface area contributed by atoms with Gasteiger partial charge in [0.2, 0.25) is 6.10 Å². The van der Waals surface area contributed by atoms with E-state index in [-0.39, 0.29) is 16.3 Å². The van der Waals surface area contributed by atoms with Gasteiger partial charge in [-0.15, -0.1) is 0 Å². The molecule has 3 nitrogen and oxygen atoms in total. The van der Waals surface area contributed by atoms with Gasteiger partial charge in [-0.3, -0.25) is 0 Å². The van der Waals surface area contributed by atoms with Crippen LogP contribution in [0.15, 0.2) is 42.0 Å². The first-order chi connectivity index (χ1) is 12.2. The maximum atomic E-state index is 13.3. The van der Waals surface area contributed by atoms with Crippen LogP contribution in [0, 0.1) is 0 Å². The fourth-order valence-electron chi connectivity index (χ4n) is 2.83. The van der Waals surface area contributed by atoms with Crippen molar-refractivity contribution >= 4 is 23.6 Å². The van der Waals surface area contributed by atoms with Gasteiger partial charge in [-0.2, -0.15) is 13.2 Å². The Bertz CT molecular complexity index is 886. The third kappa shape index (κ3) is 3.42. The Balaban J connectivity index is 2.18. The lowest BCUT2D eigenvalue weighted by Crippen LogP contribution is -2.40. The summed E-state index contributed by atoms with van der Waals surface area (Å²) in [4.78, 5) is 11.3. The van der Waals surface area contributed by atoms with Gasteiger partial charge in [0.25, 0.3) is 0 Å². The molecule has 2 aromatic rings. The molecular formula is C19H14ClF3O3. The summed E-state index contributed by atoms with van der Waals surface area (Å²) in [6, 6.07) is 10.2. The average molecular weight is 383 g/mol. The second kappa shape index (κ2) is 6.68. The second-order valence-corrected chi connectivity index (χ2v) is 6.30. The van der Waals surface area contributed by atoms with Gasteiger partial charge in [0, 0.05) is 16.1 Å². The summed E-state index contributed by atoms with van der Waals surface area (Å²) in [5, 5.41) is 9.40. The van der Waals surface area contributed by atoms with Crippen LogP contribution in [-0.2, 0) is 11.2 Å². The van der Waals surface area contributed by atoms with Crippen LogP contribution >= 0.6 is 11.6 Å². The van der Waals surface area contributed by atoms with Crippen molar-refractivity contribution in [2.45, 2.75) is 25.6 Å². The van der Waals surface area contributed by atoms with Crippen LogP contribution in [0.3, 0.4) is 0 Å². The van der Waals surface area contributed by atoms with Gasteiger partial charge >= 0.3 is 12.1 Å². The Morgan fingerprint density at radius 3 is 2.42 bits per heavy atom. The highest BCUT2D eigenvalue weighted by molar-refractivity contribution is 6.31. The molecule has 0 spiro atoms. The standard InChI is InChI=1S/C19H14ClF3O3/c1-2-10-3-5-11(6-4-10)14-9-13(20)7-12-8-15(18(24)25)17(19(21,22)23)26-16(12)14/h3-9,17H,2H2,1H3,(H,24,25)/t17-/m0/s1. The number of carbonyl (C=O) groups is 1. The number of alkyl halides is 3. The minimum absolute atomic E-state index is 0.0361. The largest absolute Gasteiger partial charge is 0.478 e. The number of halogens is 4. The Labute approximate surface area is 152 Å². The lowest BCUT2D eigenvalue weighted by molar-refractivity contribution is -0.187. The monoisotopic (exact) mass is 382 g/mol. The molecule has 136 valence electrons. The van der Waals surface area contributed by atoms with Crippen molar-refractivity contribution in [3.8, 4) is 16.9 Å². The van der Waals surface area contributed by atoms with Crippen LogP contribution in [0.25, 0.3) is 17.2 Å². The van der Waals surface area contributed by atoms with E-state index in [9.17, 15) is 18.0 Å². The van der Waals surface area contributed by atoms with Gasteiger partial charge in [0.1, 0.15) is 5.75 Å². The first-order valence-electron chi connectivity index (χ1n) is 7.81. The van der Waals surface area contributed by atoms with E-state index in [1.165, 1.54) is 12.1 Å². The van der Waals surface area contributed by atoms with E-state index in [1.54, 1.807) is 12.1 Å². The van der Waals surface area contributed by atoms with Crippen molar-refractivity contribution in [1.29, 1.82) is 0 Å². The van der Waals surface area contributed by atoms with Gasteiger partial charge in [0.05, 0.1) is 5.57 Å². The van der Waals surface area contributed by atoms with E-state index in [1.807, 2.05) is 19.1 Å². The smallest absolute Gasteiger partial charge is 0.430 e. The maximum absolute atomic E-state index is 13.3. The first-order valence-corrected chi connectivity index (χ1v) is 8.19. The lowest BCUT2D eigenvalue weighted by Gasteiger charge is -2.28. The quantitative estimate of drug-likeness (QED) is 0.777. The predicted molar refractivity (Wildman–Crippen MR) is 92.3 cm³/mol. The number of hydrogen-bond donors (Lipinski definition) is 1. The molecule has 0 bridgehead atoms. The summed E-state index contributed by atoms with van der Waals surface area (Å²) < 4.78 is 45.0. The molecule has 1 heterocycles. The Kier molecular flexibility index (Phi) is 4.71. The van der Waals surface area contributed by atoms with E-state index in [0.717, 1.165) is 18.1 Å². The Hall–Kier alpha value is -2.47. The van der Waals surface area contributed by atoms with Crippen LogP contribution in [0.4, 0.5) is 13.2 Å². The molecule has 0 amide bonds. The molecule has 1 atom stereocenters. The van der Waals surface area contributed by atoms with Crippen LogP contribution in [0.5, 0.6) is 5.75 Å². The number of carboxylic acid groups (broad SMARTS) is 1. The predicted octanol–water partition coefficient (Wildman–Crippen LogP) is 5.36. The van der Waals surface area contributed by atoms with Crippen LogP contribution in [-0.4, -0.2) is 23.4 Å². The van der Waals surface area contributed by atoms with Gasteiger partial charge in [0.15, 0.2) is 0 Å². The van der Waals surface area contributed by atoms with Gasteiger partial charge in [-0.25, -0.2) is 4.79 Å². The van der Waals surface area contributed by atoms with E-state index in [2.05, 4.69) is 0 Å². The maximum Gasteiger partial charge on any atom is 0.430 e. The minimum atomic E-state index is -4.86. The highest BCUT2D eigenvalue weighted by Crippen LogP contribution is 2.44. The van der Waals surface area contributed by atoms with Crippen molar-refractivity contribution < 1.29 is 27.8 Å². The number of benzene rings is 2. The van der Waals surface area contributed by atoms with Crippen molar-refractivity contribution in [1.82, 2.24) is 0 Å². The molecule has 1 N–H and O–H groups in total. The number of rotatable bonds is 3. The van der Waals surface area contributed by atoms with Crippen molar-refractivity contribution in [2.75, 3.05) is 0 Å². The van der Waals surface area contributed by atoms with Crippen molar-refractivity contribution in [3.63, 3.8) is 0 Å². The lowest BCUT2D eigenvalue weighted by atomic mass is 9.95. The van der Waals surface area contributed by atoms with Crippen molar-refractivity contribution in [3.05, 3.63) is 58.1 Å². The molecule has 0 aliphatic carbocycles. The molecule has 0 radical (unpaired) electrons. The number of ether oxygens (including phenoxy) is 1. The molecule has 26 heavy (non-hydrogen) atoms. The van der Waals surface area contributed by atoms with Crippen LogP contribution in [0.2, 0.25) is 5.02 Å². The van der Waals surface area contributed by atoms with E-state index < -0.39 is 23.8 Å². The topological polar surface area (TPSA) is 46.5 Å². The van der Waals surface area contributed by atoms with Crippen molar-refractivity contribution in [2.24, 2.45) is 0 Å². The van der Waals surface area contributed by atoms with Gasteiger partial charge in [-0.05, 0) is 35.8 Å². The zero-order valence-corrected chi connectivity index (χ0v) is 14.4. The molecule has 1 aliphatic heterocycles. The second-order valence-electron chi connectivity index (χ2n) is 5.87. The number of hydrogen-bond acceptors (Lipinski definition) is 2. The third-order valence-electron chi connectivity index (χ3n) is 4.13. The number of aryl methyl sites for hydroxylation is 1. The van der Waals surface area contributed by atoms with Crippen LogP contribution in [0.1, 0.15) is 18.1 Å². The Morgan fingerprint density at radius 1 is 1.23 bits per heavy atom. The zero-order chi connectivity index (χ0) is 19.1. The molecule has 1 aliphatic rings. The Morgan fingerprint density at radius 2 is 1.88 bits per heavy atom. The molecule has 0 aromatic heterocycles. The summed E-state index contributed by atoms with van der Waals surface area (Å²) >= 11 is 6.09. The molecule has 7 heteroatoms. The summed E-state index contributed by atoms with van der Waals surface area (Å²) in [6.45, 7) is 1.99. The SMILES string of the molecule is CCc1ccc(-c2cc(Cl)cc3c2O[C@H](C(F)(F)F)C(C(=O)O)=C3)cc1. The van der Waals surface area contributed by atoms with E-state index >= 15 is 0 Å². The third-order valence-corrected chi connectivity index (χ3v) is 4.35. The molecule has 0 fully saturated rings. The molecule has 0 saturated carbocycles. The highest BCUT2D eigenvalue weighted by Gasteiger charge is 2.48. The highest BCUT2D eigenvalue weighted by atomic mass is 35.5. The average Bonchev–Trinajstić information content (AvgIpc) is 2.59. The summed E-state index contributed by atoms with van der Waals surface area (Å²) in [6.07, 6.45) is -5.60. The molecule has 0 saturated heterocycles. The van der Waals surface area contributed by atoms with Crippen LogP contribution < -0.4 is 4.74 Å². The normalized spacial score (nSPS) is 16.5. The molecule has 3 rings (SSSR count). The molecular weight excluding hydrogens is 369 g/mol. The summed E-state index contributed by atoms with van der Waals surface area (Å²) in [7, 11) is 0. The molecule has 0 unspecified atom stereocenters. The minimum Gasteiger partial charge on any atom is -0.478 e. The summed E-state index contributed by atoms with van der Waals surface area (Å²) in [5.74, 6) is -1.72.